The predicted octanol–water partition coefficient (Wildman–Crippen LogP) is -3.33. The molecule has 1 fully saturated rings. The minimum absolute atomic E-state index is 0.176. The molecule has 0 aliphatic carbocycles. The van der Waals surface area contributed by atoms with Crippen molar-refractivity contribution in [1.29, 1.82) is 0 Å². The van der Waals surface area contributed by atoms with Gasteiger partial charge in [0, 0.05) is 0 Å². The summed E-state index contributed by atoms with van der Waals surface area (Å²) in [5.74, 6) is -4.13. The fraction of sp³-hybridized carbons (Fsp3) is 0.250. The van der Waals surface area contributed by atoms with Crippen molar-refractivity contribution in [2.24, 2.45) is 5.73 Å². The number of rotatable bonds is 2. The molecule has 25 heteroatoms. The summed E-state index contributed by atoms with van der Waals surface area (Å²) in [6.45, 7) is -0.628. The van der Waals surface area contributed by atoms with E-state index in [1.807, 2.05) is 0 Å². The van der Waals surface area contributed by atoms with E-state index in [9.17, 15) is 34.6 Å². The number of anilines is 1. The van der Waals surface area contributed by atoms with Gasteiger partial charge in [0.05, 0.1) is 0 Å². The number of hydrazine groups is 1. The number of ether oxygens (including phenoxy) is 1. The SMILES string of the molecule is Nc1nc2c(ncn2C2=C3O[PH](O)(O)OCc4oc(C5=CNC6C(N)NCNN56)c(O)c4O[PH](O)(O)O/C=C(/O2)[C@H]3O)c(=O)[nH]1. The average molecular weight is 676 g/mol. The van der Waals surface area contributed by atoms with Crippen molar-refractivity contribution in [3.8, 4) is 11.5 Å². The Kier molecular flexibility index (Phi) is 6.81. The van der Waals surface area contributed by atoms with Crippen molar-refractivity contribution >= 4 is 45.0 Å². The number of nitrogens with zero attached hydrogens (tertiary/aromatic N) is 4. The first-order chi connectivity index (χ1) is 21.3. The molecule has 0 radical (unpaired) electrons. The Morgan fingerprint density at radius 1 is 1.16 bits per heavy atom. The van der Waals surface area contributed by atoms with E-state index in [1.165, 1.54) is 11.2 Å². The Bertz CT molecular complexity index is 1850. The van der Waals surface area contributed by atoms with Crippen LogP contribution >= 0.6 is 16.3 Å². The molecule has 3 aromatic rings. The second kappa shape index (κ2) is 10.4. The van der Waals surface area contributed by atoms with Gasteiger partial charge in [0.2, 0.25) is 0 Å². The summed E-state index contributed by atoms with van der Waals surface area (Å²) in [6, 6.07) is 0. The molecule has 45 heavy (non-hydrogen) atoms. The van der Waals surface area contributed by atoms with E-state index >= 15 is 0 Å². The van der Waals surface area contributed by atoms with Gasteiger partial charge in [0.25, 0.3) is 0 Å². The van der Waals surface area contributed by atoms with Gasteiger partial charge in [0.15, 0.2) is 0 Å². The van der Waals surface area contributed by atoms with Crippen molar-refractivity contribution in [3.05, 3.63) is 52.2 Å². The third kappa shape index (κ3) is 5.07. The van der Waals surface area contributed by atoms with Crippen molar-refractivity contribution in [2.75, 3.05) is 12.4 Å². The number of hydrogen-bond donors (Lipinski definition) is 12. The monoisotopic (exact) mass is 676 g/mol. The molecule has 4 aliphatic heterocycles. The molecule has 0 spiro atoms. The van der Waals surface area contributed by atoms with Crippen LogP contribution in [0.3, 0.4) is 0 Å². The number of nitrogens with one attached hydrogen (secondary N) is 4. The van der Waals surface area contributed by atoms with Gasteiger partial charge in [-0.3, -0.25) is 0 Å². The zero-order valence-electron chi connectivity index (χ0n) is 22.4. The summed E-state index contributed by atoms with van der Waals surface area (Å²) in [4.78, 5) is 65.3. The van der Waals surface area contributed by atoms with Crippen LogP contribution in [-0.2, 0) is 24.9 Å². The summed E-state index contributed by atoms with van der Waals surface area (Å²) in [5.41, 5.74) is 13.8. The molecule has 7 heterocycles. The molecule has 0 saturated carbocycles. The fourth-order valence-corrected chi connectivity index (χ4v) is 6.44. The summed E-state index contributed by atoms with van der Waals surface area (Å²) >= 11 is 0. The number of aromatic amines is 1. The number of furan rings is 1. The second-order valence-corrected chi connectivity index (χ2v) is 12.9. The molecule has 0 amide bonds. The Balaban J connectivity index is 1.27. The molecule has 0 aromatic carbocycles. The minimum atomic E-state index is -5.30. The van der Waals surface area contributed by atoms with Crippen LogP contribution in [0.5, 0.6) is 11.5 Å². The maximum atomic E-state index is 12.3. The third-order valence-corrected chi connectivity index (χ3v) is 8.68. The van der Waals surface area contributed by atoms with Gasteiger partial charge in [-0.05, 0) is 0 Å². The molecular weight excluding hydrogens is 650 g/mol. The van der Waals surface area contributed by atoms with E-state index in [0.29, 0.717) is 6.26 Å². The number of hydrogen-bond acceptors (Lipinski definition) is 21. The van der Waals surface area contributed by atoms with Gasteiger partial charge < -0.3 is 0 Å². The summed E-state index contributed by atoms with van der Waals surface area (Å²) in [5, 5.41) is 29.5. The van der Waals surface area contributed by atoms with Gasteiger partial charge in [0.1, 0.15) is 0 Å². The normalized spacial score (nSPS) is 28.2. The molecule has 23 nitrogen and oxygen atoms in total. The summed E-state index contributed by atoms with van der Waals surface area (Å²) in [7, 11) is -10.6. The van der Waals surface area contributed by atoms with Crippen LogP contribution in [0.25, 0.3) is 22.7 Å². The number of aliphatic hydroxyl groups excluding tert-OH is 1. The van der Waals surface area contributed by atoms with Crippen LogP contribution in [0.1, 0.15) is 11.5 Å². The van der Waals surface area contributed by atoms with Gasteiger partial charge in [-0.25, -0.2) is 0 Å². The quantitative estimate of drug-likeness (QED) is 0.118. The summed E-state index contributed by atoms with van der Waals surface area (Å²) in [6.07, 6.45) is 0.0625. The van der Waals surface area contributed by atoms with Crippen LogP contribution in [0, 0.1) is 0 Å². The van der Waals surface area contributed by atoms with E-state index in [0.717, 1.165) is 10.9 Å². The predicted molar refractivity (Wildman–Crippen MR) is 150 cm³/mol. The molecular formula is C20H26N10O13P2. The van der Waals surface area contributed by atoms with Gasteiger partial charge in [-0.15, -0.1) is 0 Å². The van der Waals surface area contributed by atoms with E-state index < -0.39 is 81.6 Å². The van der Waals surface area contributed by atoms with Crippen LogP contribution in [0.15, 0.2) is 39.5 Å². The molecule has 14 N–H and O–H groups in total. The molecule has 244 valence electrons. The van der Waals surface area contributed by atoms with Crippen molar-refractivity contribution in [2.45, 2.75) is 25.0 Å². The van der Waals surface area contributed by atoms with Crippen LogP contribution in [0.2, 0.25) is 0 Å². The Hall–Kier alpha value is -4.25. The van der Waals surface area contributed by atoms with E-state index in [1.54, 1.807) is 0 Å². The van der Waals surface area contributed by atoms with E-state index in [2.05, 4.69) is 31.0 Å². The molecule has 4 aliphatic rings. The number of nitrogen functional groups attached to an aromatic ring is 1. The first kappa shape index (κ1) is 29.5. The first-order valence-corrected chi connectivity index (χ1v) is 16.2. The molecule has 2 unspecified atom stereocenters. The van der Waals surface area contributed by atoms with Gasteiger partial charge in [-0.1, -0.05) is 0 Å². The number of imidazole rings is 1. The van der Waals surface area contributed by atoms with Crippen molar-refractivity contribution in [1.82, 2.24) is 40.6 Å². The van der Waals surface area contributed by atoms with Gasteiger partial charge >= 0.3 is 250 Å². The summed E-state index contributed by atoms with van der Waals surface area (Å²) < 4.78 is 33.1. The van der Waals surface area contributed by atoms with Crippen molar-refractivity contribution in [3.63, 3.8) is 0 Å². The molecule has 1 saturated heterocycles. The van der Waals surface area contributed by atoms with Crippen LogP contribution in [0.4, 0.5) is 5.95 Å². The standard InChI is InChI=1S/C20H26N10O13P2/c21-15-17-23-1-6(30(17)26-4-24-15)12-11(32)13-8(40-12)3-39-45(36,37)43-14-10(31)7(2-38-44(34,35)42-13)41-19(14)29-5-25-9-16(29)27-20(22)28-18(9)33/h1-2,5,10,15,17,23-24,26,31-32,34-37,44-45H,3-4,21H2,(H3,22,27,28,33)/b7-2+/t10-,15?,17?/m1/s1. The van der Waals surface area contributed by atoms with Gasteiger partial charge in [-0.2, -0.15) is 0 Å². The Morgan fingerprint density at radius 2 is 1.96 bits per heavy atom. The second-order valence-electron chi connectivity index (χ2n) is 9.75. The van der Waals surface area contributed by atoms with Crippen molar-refractivity contribution < 1.29 is 57.0 Å². The van der Waals surface area contributed by atoms with Crippen LogP contribution in [-0.4, -0.2) is 79.4 Å². The number of aromatic hydroxyl groups is 1. The number of aliphatic hydroxyl groups is 1. The Morgan fingerprint density at radius 3 is 2.76 bits per heavy atom. The third-order valence-electron chi connectivity index (χ3n) is 6.78. The first-order valence-electron chi connectivity index (χ1n) is 12.8. The molecule has 3 atom stereocenters. The maximum absolute atomic E-state index is 12.3. The molecule has 3 aromatic heterocycles. The number of fused-ring (bicyclic) bond motifs is 5. The Labute approximate surface area is 249 Å². The zero-order chi connectivity index (χ0) is 31.8. The molecule has 2 bridgehead atoms. The number of H-pyrrole nitrogens is 1. The fourth-order valence-electron chi connectivity index (χ4n) is 4.79. The average Bonchev–Trinajstić information content (AvgIpc) is 3.72. The number of nitrogens with two attached hydrogens (primary N) is 2. The number of aromatic nitrogens is 4. The van der Waals surface area contributed by atoms with E-state index in [4.69, 9.17) is 38.7 Å². The van der Waals surface area contributed by atoms with Crippen LogP contribution < -0.4 is 37.6 Å². The molecule has 7 rings (SSSR count). The van der Waals surface area contributed by atoms with E-state index in [-0.39, 0.29) is 35.2 Å². The zero-order valence-corrected chi connectivity index (χ0v) is 24.4. The topological polar surface area (TPSA) is 336 Å².